The Morgan fingerprint density at radius 3 is 2.82 bits per heavy atom. The maximum absolute atomic E-state index is 11.9. The van der Waals surface area contributed by atoms with Crippen molar-refractivity contribution in [3.63, 3.8) is 0 Å². The van der Waals surface area contributed by atoms with Crippen LogP contribution in [0.2, 0.25) is 0 Å². The number of allylic oxidation sites excluding steroid dienone is 2. The van der Waals surface area contributed by atoms with Crippen molar-refractivity contribution in [1.82, 2.24) is 0 Å². The lowest BCUT2D eigenvalue weighted by Crippen LogP contribution is -2.27. The quantitative estimate of drug-likeness (QED) is 0.415. The molecule has 4 nitrogen and oxygen atoms in total. The summed E-state index contributed by atoms with van der Waals surface area (Å²) < 4.78 is 10.5. The normalized spacial score (nSPS) is 31.9. The molecule has 0 aliphatic heterocycles. The molecule has 0 N–H and O–H groups in total. The van der Waals surface area contributed by atoms with Crippen LogP contribution < -0.4 is 0 Å². The van der Waals surface area contributed by atoms with E-state index < -0.39 is 6.29 Å². The van der Waals surface area contributed by atoms with Gasteiger partial charge in [-0.3, -0.25) is 9.59 Å². The van der Waals surface area contributed by atoms with E-state index in [-0.39, 0.29) is 29.5 Å². The number of hydrogen-bond acceptors (Lipinski definition) is 4. The molecule has 1 fully saturated rings. The number of esters is 1. The zero-order chi connectivity index (χ0) is 12.4. The predicted molar refractivity (Wildman–Crippen MR) is 61.0 cm³/mol. The number of carbonyl (C=O) groups excluding carboxylic acids is 2. The number of Topliss-reactive ketones (excluding diaryl/α,β-unsaturated/α-hetero) is 1. The molecule has 2 bridgehead atoms. The van der Waals surface area contributed by atoms with Crippen molar-refractivity contribution in [3.8, 4) is 0 Å². The molecule has 0 spiro atoms. The summed E-state index contributed by atoms with van der Waals surface area (Å²) in [5.74, 6) is -0.770. The van der Waals surface area contributed by atoms with Gasteiger partial charge < -0.3 is 9.47 Å². The average Bonchev–Trinajstić information content (AvgIpc) is 2.82. The molecule has 0 aromatic rings. The van der Waals surface area contributed by atoms with E-state index in [4.69, 9.17) is 9.47 Å². The highest BCUT2D eigenvalue weighted by molar-refractivity contribution is 5.96. The molecular formula is C13H18O4. The van der Waals surface area contributed by atoms with Crippen LogP contribution in [0.5, 0.6) is 0 Å². The molecule has 0 aromatic carbocycles. The first-order valence-corrected chi connectivity index (χ1v) is 6.17. The van der Waals surface area contributed by atoms with Gasteiger partial charge in [-0.1, -0.05) is 19.1 Å². The molecule has 4 atom stereocenters. The Morgan fingerprint density at radius 1 is 1.53 bits per heavy atom. The second kappa shape index (κ2) is 5.00. The third-order valence-corrected chi connectivity index (χ3v) is 3.33. The number of ether oxygens (including phenoxy) is 2. The summed E-state index contributed by atoms with van der Waals surface area (Å²) in [4.78, 5) is 23.5. The second-order valence-corrected chi connectivity index (χ2v) is 4.64. The molecule has 1 saturated carbocycles. The van der Waals surface area contributed by atoms with Crippen LogP contribution in [0.4, 0.5) is 0 Å². The standard InChI is InChI=1S/C13H18O4/c1-3-6-16-8(2)17-13(15)11-7-9-4-5-10(11)12(9)14/h4-5,8-11H,3,6-7H2,1-2H3. The lowest BCUT2D eigenvalue weighted by Gasteiger charge is -2.19. The van der Waals surface area contributed by atoms with Crippen molar-refractivity contribution in [2.75, 3.05) is 6.61 Å². The fraction of sp³-hybridized carbons (Fsp3) is 0.692. The largest absolute Gasteiger partial charge is 0.436 e. The highest BCUT2D eigenvalue weighted by atomic mass is 16.7. The smallest absolute Gasteiger partial charge is 0.312 e. The molecule has 17 heavy (non-hydrogen) atoms. The Kier molecular flexibility index (Phi) is 3.62. The fourth-order valence-corrected chi connectivity index (χ4v) is 2.45. The van der Waals surface area contributed by atoms with Crippen LogP contribution in [0.25, 0.3) is 0 Å². The number of fused-ring (bicyclic) bond motifs is 2. The van der Waals surface area contributed by atoms with Crippen molar-refractivity contribution in [2.24, 2.45) is 17.8 Å². The lowest BCUT2D eigenvalue weighted by molar-refractivity contribution is -0.180. The SMILES string of the molecule is CCCOC(C)OC(=O)C1CC2C=CC1C2=O. The molecule has 2 aliphatic carbocycles. The van der Waals surface area contributed by atoms with Crippen LogP contribution in [0, 0.1) is 17.8 Å². The first kappa shape index (κ1) is 12.3. The number of ketones is 1. The predicted octanol–water partition coefficient (Wildman–Crippen LogP) is 1.69. The van der Waals surface area contributed by atoms with Crippen molar-refractivity contribution in [2.45, 2.75) is 33.0 Å². The fourth-order valence-electron chi connectivity index (χ4n) is 2.45. The Labute approximate surface area is 101 Å². The van der Waals surface area contributed by atoms with Gasteiger partial charge in [-0.25, -0.2) is 0 Å². The van der Waals surface area contributed by atoms with Gasteiger partial charge in [-0.15, -0.1) is 0 Å². The van der Waals surface area contributed by atoms with Gasteiger partial charge in [-0.05, 0) is 19.8 Å². The average molecular weight is 238 g/mol. The summed E-state index contributed by atoms with van der Waals surface area (Å²) >= 11 is 0. The minimum atomic E-state index is -0.527. The van der Waals surface area contributed by atoms with Crippen LogP contribution in [0.15, 0.2) is 12.2 Å². The van der Waals surface area contributed by atoms with Crippen LogP contribution in [-0.4, -0.2) is 24.6 Å². The Hall–Kier alpha value is -1.16. The third-order valence-electron chi connectivity index (χ3n) is 3.33. The molecule has 2 rings (SSSR count). The van der Waals surface area contributed by atoms with Gasteiger partial charge >= 0.3 is 5.97 Å². The van der Waals surface area contributed by atoms with E-state index in [1.54, 1.807) is 6.92 Å². The first-order valence-electron chi connectivity index (χ1n) is 6.17. The van der Waals surface area contributed by atoms with E-state index in [1.807, 2.05) is 19.1 Å². The molecule has 2 aliphatic rings. The zero-order valence-corrected chi connectivity index (χ0v) is 10.2. The van der Waals surface area contributed by atoms with Gasteiger partial charge in [0, 0.05) is 11.8 Å². The van der Waals surface area contributed by atoms with E-state index in [0.717, 1.165) is 6.42 Å². The molecule has 4 unspecified atom stereocenters. The van der Waals surface area contributed by atoms with Crippen LogP contribution in [0.1, 0.15) is 26.7 Å². The summed E-state index contributed by atoms with van der Waals surface area (Å²) in [6.07, 6.45) is 4.69. The number of carbonyl (C=O) groups is 2. The van der Waals surface area contributed by atoms with E-state index in [0.29, 0.717) is 13.0 Å². The molecular weight excluding hydrogens is 220 g/mol. The lowest BCUT2D eigenvalue weighted by atomic mass is 9.94. The van der Waals surface area contributed by atoms with E-state index >= 15 is 0 Å². The maximum Gasteiger partial charge on any atom is 0.312 e. The summed E-state index contributed by atoms with van der Waals surface area (Å²) in [6, 6.07) is 0. The molecule has 0 saturated heterocycles. The van der Waals surface area contributed by atoms with Gasteiger partial charge in [0.1, 0.15) is 5.78 Å². The van der Waals surface area contributed by atoms with Gasteiger partial charge in [-0.2, -0.15) is 0 Å². The van der Waals surface area contributed by atoms with Crippen LogP contribution in [-0.2, 0) is 19.1 Å². The molecule has 0 radical (unpaired) electrons. The topological polar surface area (TPSA) is 52.6 Å². The van der Waals surface area contributed by atoms with E-state index in [1.165, 1.54) is 0 Å². The zero-order valence-electron chi connectivity index (χ0n) is 10.2. The number of rotatable bonds is 5. The van der Waals surface area contributed by atoms with E-state index in [2.05, 4.69) is 0 Å². The van der Waals surface area contributed by atoms with Gasteiger partial charge in [0.25, 0.3) is 0 Å². The minimum absolute atomic E-state index is 0.0654. The Balaban J connectivity index is 1.85. The summed E-state index contributed by atoms with van der Waals surface area (Å²) in [5, 5.41) is 0. The minimum Gasteiger partial charge on any atom is -0.436 e. The number of hydrogen-bond donors (Lipinski definition) is 0. The second-order valence-electron chi connectivity index (χ2n) is 4.64. The Bertz CT molecular complexity index is 347. The van der Waals surface area contributed by atoms with Crippen molar-refractivity contribution >= 4 is 11.8 Å². The molecule has 0 aromatic heterocycles. The monoisotopic (exact) mass is 238 g/mol. The van der Waals surface area contributed by atoms with Crippen molar-refractivity contribution in [1.29, 1.82) is 0 Å². The van der Waals surface area contributed by atoms with Gasteiger partial charge in [0.2, 0.25) is 0 Å². The summed E-state index contributed by atoms with van der Waals surface area (Å²) in [6.45, 7) is 4.27. The molecule has 4 heteroatoms. The van der Waals surface area contributed by atoms with Crippen molar-refractivity contribution < 1.29 is 19.1 Å². The summed E-state index contributed by atoms with van der Waals surface area (Å²) in [7, 11) is 0. The molecule has 0 amide bonds. The van der Waals surface area contributed by atoms with E-state index in [9.17, 15) is 9.59 Å². The molecule has 0 heterocycles. The van der Waals surface area contributed by atoms with Crippen LogP contribution in [0.3, 0.4) is 0 Å². The highest BCUT2D eigenvalue weighted by Gasteiger charge is 2.47. The Morgan fingerprint density at radius 2 is 2.29 bits per heavy atom. The third kappa shape index (κ3) is 2.41. The van der Waals surface area contributed by atoms with Crippen LogP contribution >= 0.6 is 0 Å². The van der Waals surface area contributed by atoms with Gasteiger partial charge in [0.15, 0.2) is 6.29 Å². The summed E-state index contributed by atoms with van der Waals surface area (Å²) in [5.41, 5.74) is 0. The highest BCUT2D eigenvalue weighted by Crippen LogP contribution is 2.41. The van der Waals surface area contributed by atoms with Crippen molar-refractivity contribution in [3.05, 3.63) is 12.2 Å². The first-order chi connectivity index (χ1) is 8.13. The van der Waals surface area contributed by atoms with Gasteiger partial charge in [0.05, 0.1) is 12.5 Å². The maximum atomic E-state index is 11.9. The molecule has 94 valence electrons.